The van der Waals surface area contributed by atoms with Crippen molar-refractivity contribution in [2.24, 2.45) is 0 Å². The van der Waals surface area contributed by atoms with E-state index in [1.54, 1.807) is 6.92 Å². The van der Waals surface area contributed by atoms with E-state index in [9.17, 15) is 9.59 Å². The van der Waals surface area contributed by atoms with Crippen molar-refractivity contribution in [1.29, 1.82) is 0 Å². The van der Waals surface area contributed by atoms with Gasteiger partial charge in [0.1, 0.15) is 18.0 Å². The molecule has 0 aliphatic carbocycles. The highest BCUT2D eigenvalue weighted by Crippen LogP contribution is 2.30. The Morgan fingerprint density at radius 1 is 0.968 bits per heavy atom. The summed E-state index contributed by atoms with van der Waals surface area (Å²) in [5.74, 6) is 0.320. The van der Waals surface area contributed by atoms with E-state index in [0.29, 0.717) is 12.2 Å². The van der Waals surface area contributed by atoms with E-state index < -0.39 is 17.7 Å². The number of hydrogen-bond acceptors (Lipinski definition) is 5. The summed E-state index contributed by atoms with van der Waals surface area (Å²) in [5.41, 5.74) is 2.57. The largest absolute Gasteiger partial charge is 0.489 e. The summed E-state index contributed by atoms with van der Waals surface area (Å²) < 4.78 is 16.5. The number of benzene rings is 2. The van der Waals surface area contributed by atoms with Crippen LogP contribution >= 0.6 is 0 Å². The fourth-order valence-corrected chi connectivity index (χ4v) is 3.25. The SMILES string of the molecule is CCOC(=O)C1=C(c2ccc(OCc3ccccc3)cc2)CN(C(=O)OC(C)(C)C)C1. The molecule has 2 aromatic rings. The first-order chi connectivity index (χ1) is 14.8. The van der Waals surface area contributed by atoms with E-state index in [4.69, 9.17) is 14.2 Å². The lowest BCUT2D eigenvalue weighted by molar-refractivity contribution is -0.138. The highest BCUT2D eigenvalue weighted by molar-refractivity contribution is 6.01. The number of carbonyl (C=O) groups excluding carboxylic acids is 2. The van der Waals surface area contributed by atoms with Gasteiger partial charge in [-0.05, 0) is 56.5 Å². The number of carbonyl (C=O) groups is 2. The number of hydrogen-bond donors (Lipinski definition) is 0. The quantitative estimate of drug-likeness (QED) is 0.623. The van der Waals surface area contributed by atoms with Crippen molar-refractivity contribution in [3.63, 3.8) is 0 Å². The van der Waals surface area contributed by atoms with Crippen LogP contribution < -0.4 is 4.74 Å². The van der Waals surface area contributed by atoms with Crippen LogP contribution in [0.5, 0.6) is 5.75 Å². The van der Waals surface area contributed by atoms with Crippen LogP contribution in [0.3, 0.4) is 0 Å². The molecule has 0 N–H and O–H groups in total. The normalized spacial score (nSPS) is 13.9. The lowest BCUT2D eigenvalue weighted by atomic mass is 10.0. The van der Waals surface area contributed by atoms with Gasteiger partial charge in [0, 0.05) is 0 Å². The van der Waals surface area contributed by atoms with Crippen molar-refractivity contribution in [3.05, 3.63) is 71.3 Å². The second-order valence-electron chi connectivity index (χ2n) is 8.31. The van der Waals surface area contributed by atoms with E-state index >= 15 is 0 Å². The minimum absolute atomic E-state index is 0.162. The predicted octanol–water partition coefficient (Wildman–Crippen LogP) is 4.83. The molecule has 0 saturated heterocycles. The zero-order valence-corrected chi connectivity index (χ0v) is 18.5. The van der Waals surface area contributed by atoms with Gasteiger partial charge in [0.25, 0.3) is 0 Å². The van der Waals surface area contributed by atoms with Gasteiger partial charge >= 0.3 is 12.1 Å². The molecule has 0 fully saturated rings. The molecule has 0 saturated carbocycles. The van der Waals surface area contributed by atoms with Gasteiger partial charge in [0.2, 0.25) is 0 Å². The van der Waals surface area contributed by atoms with Gasteiger partial charge in [0.05, 0.1) is 25.3 Å². The molecule has 0 radical (unpaired) electrons. The maximum absolute atomic E-state index is 12.5. The smallest absolute Gasteiger partial charge is 0.410 e. The summed E-state index contributed by atoms with van der Waals surface area (Å²) in [4.78, 5) is 26.6. The third-order valence-corrected chi connectivity index (χ3v) is 4.69. The Hall–Kier alpha value is -3.28. The zero-order valence-electron chi connectivity index (χ0n) is 18.5. The summed E-state index contributed by atoms with van der Waals surface area (Å²) in [6.07, 6.45) is -0.452. The maximum atomic E-state index is 12.5. The van der Waals surface area contributed by atoms with Gasteiger partial charge in [-0.15, -0.1) is 0 Å². The topological polar surface area (TPSA) is 65.1 Å². The van der Waals surface area contributed by atoms with E-state index in [1.165, 1.54) is 4.90 Å². The van der Waals surface area contributed by atoms with Crippen LogP contribution in [0.25, 0.3) is 5.57 Å². The van der Waals surface area contributed by atoms with Crippen molar-refractivity contribution in [1.82, 2.24) is 4.90 Å². The molecule has 1 amide bonds. The van der Waals surface area contributed by atoms with Crippen molar-refractivity contribution >= 4 is 17.6 Å². The highest BCUT2D eigenvalue weighted by atomic mass is 16.6. The monoisotopic (exact) mass is 423 g/mol. The van der Waals surface area contributed by atoms with E-state index in [0.717, 1.165) is 22.4 Å². The van der Waals surface area contributed by atoms with Crippen LogP contribution in [-0.2, 0) is 20.9 Å². The molecule has 1 aliphatic rings. The summed E-state index contributed by atoms with van der Waals surface area (Å²) in [6, 6.07) is 17.5. The van der Waals surface area contributed by atoms with Crippen LogP contribution in [-0.4, -0.2) is 42.3 Å². The van der Waals surface area contributed by atoms with Gasteiger partial charge in [0.15, 0.2) is 0 Å². The minimum Gasteiger partial charge on any atom is -0.489 e. The Labute approximate surface area is 183 Å². The molecular weight excluding hydrogens is 394 g/mol. The Morgan fingerprint density at radius 2 is 1.65 bits per heavy atom. The molecule has 1 aliphatic heterocycles. The molecular formula is C25H29NO5. The Bertz CT molecular complexity index is 942. The minimum atomic E-state index is -0.609. The third kappa shape index (κ3) is 6.10. The molecule has 0 unspecified atom stereocenters. The third-order valence-electron chi connectivity index (χ3n) is 4.69. The van der Waals surface area contributed by atoms with Crippen LogP contribution in [0, 0.1) is 0 Å². The van der Waals surface area contributed by atoms with Crippen LogP contribution in [0.15, 0.2) is 60.2 Å². The maximum Gasteiger partial charge on any atom is 0.410 e. The fraction of sp³-hybridized carbons (Fsp3) is 0.360. The number of rotatable bonds is 6. The molecule has 6 heteroatoms. The molecule has 164 valence electrons. The molecule has 0 aromatic heterocycles. The average molecular weight is 424 g/mol. The van der Waals surface area contributed by atoms with E-state index in [-0.39, 0.29) is 19.7 Å². The standard InChI is InChI=1S/C25H29NO5/c1-5-29-23(27)22-16-26(24(28)31-25(2,3)4)15-21(22)19-11-13-20(14-12-19)30-17-18-9-7-6-8-10-18/h6-14H,5,15-17H2,1-4H3. The lowest BCUT2D eigenvalue weighted by Gasteiger charge is -2.24. The molecule has 3 rings (SSSR count). The molecule has 2 aromatic carbocycles. The number of ether oxygens (including phenoxy) is 3. The Balaban J connectivity index is 1.75. The number of nitrogens with zero attached hydrogens (tertiary/aromatic N) is 1. The van der Waals surface area contributed by atoms with Crippen LogP contribution in [0.1, 0.15) is 38.8 Å². The van der Waals surface area contributed by atoms with Crippen LogP contribution in [0.2, 0.25) is 0 Å². The first-order valence-electron chi connectivity index (χ1n) is 10.4. The van der Waals surface area contributed by atoms with Gasteiger partial charge in [-0.1, -0.05) is 42.5 Å². The summed E-state index contributed by atoms with van der Waals surface area (Å²) >= 11 is 0. The highest BCUT2D eigenvalue weighted by Gasteiger charge is 2.33. The Kier molecular flexibility index (Phi) is 7.00. The van der Waals surface area contributed by atoms with Crippen LogP contribution in [0.4, 0.5) is 4.79 Å². The van der Waals surface area contributed by atoms with Crippen molar-refractivity contribution in [2.45, 2.75) is 39.9 Å². The summed E-state index contributed by atoms with van der Waals surface area (Å²) in [5, 5.41) is 0. The molecule has 0 bridgehead atoms. The predicted molar refractivity (Wildman–Crippen MR) is 119 cm³/mol. The fourth-order valence-electron chi connectivity index (χ4n) is 3.25. The lowest BCUT2D eigenvalue weighted by Crippen LogP contribution is -2.36. The number of amides is 1. The van der Waals surface area contributed by atoms with E-state index in [2.05, 4.69) is 0 Å². The van der Waals surface area contributed by atoms with Gasteiger partial charge in [-0.25, -0.2) is 9.59 Å². The molecule has 6 nitrogen and oxygen atoms in total. The van der Waals surface area contributed by atoms with Gasteiger partial charge in [-0.3, -0.25) is 4.90 Å². The van der Waals surface area contributed by atoms with Crippen molar-refractivity contribution in [2.75, 3.05) is 19.7 Å². The molecule has 0 atom stereocenters. The first kappa shape index (κ1) is 22.4. The molecule has 31 heavy (non-hydrogen) atoms. The number of esters is 1. The summed E-state index contributed by atoms with van der Waals surface area (Å²) in [6.45, 7) is 8.40. The summed E-state index contributed by atoms with van der Waals surface area (Å²) in [7, 11) is 0. The molecule has 1 heterocycles. The van der Waals surface area contributed by atoms with Gasteiger partial charge in [-0.2, -0.15) is 0 Å². The zero-order chi connectivity index (χ0) is 22.4. The van der Waals surface area contributed by atoms with E-state index in [1.807, 2.05) is 75.4 Å². The van der Waals surface area contributed by atoms with Crippen molar-refractivity contribution < 1.29 is 23.8 Å². The molecule has 0 spiro atoms. The van der Waals surface area contributed by atoms with Gasteiger partial charge < -0.3 is 14.2 Å². The second kappa shape index (κ2) is 9.69. The first-order valence-corrected chi connectivity index (χ1v) is 10.4. The average Bonchev–Trinajstić information content (AvgIpc) is 3.18. The van der Waals surface area contributed by atoms with Crippen molar-refractivity contribution in [3.8, 4) is 5.75 Å². The second-order valence-corrected chi connectivity index (χ2v) is 8.31. The Morgan fingerprint density at radius 3 is 2.26 bits per heavy atom.